The smallest absolute Gasteiger partial charge is 0.0804 e. The van der Waals surface area contributed by atoms with Crippen LogP contribution >= 0.6 is 0 Å². The lowest BCUT2D eigenvalue weighted by atomic mass is 9.86. The third-order valence-electron chi connectivity index (χ3n) is 8.49. The lowest BCUT2D eigenvalue weighted by Gasteiger charge is -2.19. The van der Waals surface area contributed by atoms with E-state index in [1.165, 1.54) is 76.5 Å². The molecule has 4 aromatic carbocycles. The Balaban J connectivity index is 1.68. The quantitative estimate of drug-likeness (QED) is 0.210. The van der Waals surface area contributed by atoms with Crippen molar-refractivity contribution in [2.75, 3.05) is 0 Å². The van der Waals surface area contributed by atoms with E-state index in [0.29, 0.717) is 0 Å². The molecule has 0 aliphatic rings. The normalized spacial score (nSPS) is 13.8. The maximum Gasteiger partial charge on any atom is 0.0804 e. The number of hydrogen-bond acceptors (Lipinski definition) is 0. The topological polar surface area (TPSA) is 8.82 Å². The average molecular weight is 467 g/mol. The summed E-state index contributed by atoms with van der Waals surface area (Å²) in [5.74, 6) is 0. The van der Waals surface area contributed by atoms with Crippen molar-refractivity contribution in [2.45, 2.75) is 52.4 Å². The number of fused-ring (bicyclic) bond motifs is 11. The Bertz CT molecular complexity index is 2000. The summed E-state index contributed by atoms with van der Waals surface area (Å²) in [6.45, 7) is 13.8. The molecule has 2 heteroatoms. The van der Waals surface area contributed by atoms with Crippen molar-refractivity contribution in [3.05, 3.63) is 83.9 Å². The maximum atomic E-state index is 2.56. The minimum atomic E-state index is 0.101. The molecule has 8 aromatic rings. The van der Waals surface area contributed by atoms with E-state index in [0.717, 1.165) is 0 Å². The molecule has 2 nitrogen and oxygen atoms in total. The number of nitrogens with zero attached hydrogens (tertiary/aromatic N) is 2. The van der Waals surface area contributed by atoms with E-state index in [2.05, 4.69) is 123 Å². The standard InChI is InChI=1S/C34H30N2/c1-33(2,3)19-13-15-21-23-9-7-11-25-29(23)35(27(21)17-19)31-26-12-8-10-24-22-16-14-20(34(4,5)6)18-28(22)36(30(24)26)32(25)31/h7-18H,1-6H3. The Morgan fingerprint density at radius 1 is 0.417 bits per heavy atom. The Kier molecular flexibility index (Phi) is 3.47. The van der Waals surface area contributed by atoms with Gasteiger partial charge in [0.2, 0.25) is 0 Å². The zero-order valence-electron chi connectivity index (χ0n) is 21.8. The zero-order valence-corrected chi connectivity index (χ0v) is 21.8. The molecule has 0 bridgehead atoms. The Labute approximate surface area is 210 Å². The van der Waals surface area contributed by atoms with E-state index in [-0.39, 0.29) is 10.8 Å². The fourth-order valence-corrected chi connectivity index (χ4v) is 6.62. The Morgan fingerprint density at radius 2 is 0.806 bits per heavy atom. The first-order chi connectivity index (χ1) is 17.1. The van der Waals surface area contributed by atoms with Gasteiger partial charge in [-0.05, 0) is 34.1 Å². The van der Waals surface area contributed by atoms with Crippen molar-refractivity contribution in [3.8, 4) is 0 Å². The first-order valence-electron chi connectivity index (χ1n) is 13.1. The van der Waals surface area contributed by atoms with Crippen LogP contribution < -0.4 is 0 Å². The van der Waals surface area contributed by atoms with Gasteiger partial charge in [-0.1, -0.05) is 102 Å². The van der Waals surface area contributed by atoms with E-state index < -0.39 is 0 Å². The van der Waals surface area contributed by atoms with Crippen LogP contribution in [0.1, 0.15) is 52.7 Å². The third kappa shape index (κ3) is 2.29. The summed E-state index contributed by atoms with van der Waals surface area (Å²) in [5, 5.41) is 8.06. The Hall–Kier alpha value is -3.78. The molecule has 36 heavy (non-hydrogen) atoms. The van der Waals surface area contributed by atoms with Gasteiger partial charge in [0.1, 0.15) is 0 Å². The molecule has 0 saturated heterocycles. The lowest BCUT2D eigenvalue weighted by molar-refractivity contribution is 0.590. The molecule has 0 amide bonds. The van der Waals surface area contributed by atoms with Gasteiger partial charge in [0.25, 0.3) is 0 Å². The molecule has 0 fully saturated rings. The lowest BCUT2D eigenvalue weighted by Crippen LogP contribution is -2.10. The third-order valence-corrected chi connectivity index (χ3v) is 8.49. The van der Waals surface area contributed by atoms with Crippen LogP contribution in [-0.2, 0) is 10.8 Å². The molecule has 0 atom stereocenters. The molecule has 0 radical (unpaired) electrons. The van der Waals surface area contributed by atoms with Crippen molar-refractivity contribution < 1.29 is 0 Å². The van der Waals surface area contributed by atoms with Gasteiger partial charge in [0, 0.05) is 32.3 Å². The summed E-state index contributed by atoms with van der Waals surface area (Å²) < 4.78 is 5.12. The first kappa shape index (κ1) is 20.4. The van der Waals surface area contributed by atoms with Crippen molar-refractivity contribution in [2.24, 2.45) is 0 Å². The fraction of sp³-hybridized carbons (Fsp3) is 0.235. The second-order valence-corrected chi connectivity index (χ2v) is 12.7. The van der Waals surface area contributed by atoms with E-state index in [4.69, 9.17) is 0 Å². The van der Waals surface area contributed by atoms with Gasteiger partial charge < -0.3 is 8.80 Å². The van der Waals surface area contributed by atoms with Crippen LogP contribution in [0.25, 0.3) is 65.4 Å². The molecule has 4 aromatic heterocycles. The molecule has 0 aliphatic carbocycles. The van der Waals surface area contributed by atoms with E-state index in [1.54, 1.807) is 0 Å². The molecule has 4 heterocycles. The van der Waals surface area contributed by atoms with Gasteiger partial charge in [-0.15, -0.1) is 0 Å². The summed E-state index contributed by atoms with van der Waals surface area (Å²) in [7, 11) is 0. The monoisotopic (exact) mass is 466 g/mol. The number of para-hydroxylation sites is 2. The van der Waals surface area contributed by atoms with Gasteiger partial charge in [-0.2, -0.15) is 0 Å². The predicted octanol–water partition coefficient (Wildman–Crippen LogP) is 9.43. The molecule has 0 saturated carbocycles. The first-order valence-corrected chi connectivity index (χ1v) is 13.1. The van der Waals surface area contributed by atoms with Crippen molar-refractivity contribution in [1.82, 2.24) is 8.80 Å². The van der Waals surface area contributed by atoms with Crippen LogP contribution in [0, 0.1) is 0 Å². The maximum absolute atomic E-state index is 2.56. The molecule has 176 valence electrons. The zero-order chi connectivity index (χ0) is 24.7. The van der Waals surface area contributed by atoms with Crippen LogP contribution in [0.4, 0.5) is 0 Å². The van der Waals surface area contributed by atoms with Crippen LogP contribution in [0.3, 0.4) is 0 Å². The SMILES string of the molecule is CC(C)(C)c1ccc2c3cccc4c3n(c2c1)c1c2cccc3c5ccc(C(C)(C)C)cc5n(c32)c41. The van der Waals surface area contributed by atoms with Crippen molar-refractivity contribution in [3.63, 3.8) is 0 Å². The van der Waals surface area contributed by atoms with Gasteiger partial charge in [-0.25, -0.2) is 0 Å². The highest BCUT2D eigenvalue weighted by molar-refractivity contribution is 6.31. The highest BCUT2D eigenvalue weighted by Gasteiger charge is 2.27. The molecule has 0 unspecified atom stereocenters. The molecular weight excluding hydrogens is 436 g/mol. The van der Waals surface area contributed by atoms with E-state index in [1.807, 2.05) is 0 Å². The second-order valence-electron chi connectivity index (χ2n) is 12.7. The minimum absolute atomic E-state index is 0.101. The van der Waals surface area contributed by atoms with Gasteiger partial charge in [0.15, 0.2) is 0 Å². The number of benzene rings is 4. The van der Waals surface area contributed by atoms with E-state index in [9.17, 15) is 0 Å². The van der Waals surface area contributed by atoms with Crippen LogP contribution in [0.15, 0.2) is 72.8 Å². The highest BCUT2D eigenvalue weighted by Crippen LogP contribution is 2.47. The minimum Gasteiger partial charge on any atom is -0.306 e. The molecular formula is C34H30N2. The largest absolute Gasteiger partial charge is 0.306 e. The number of aromatic nitrogens is 2. The molecule has 0 aliphatic heterocycles. The van der Waals surface area contributed by atoms with Gasteiger partial charge >= 0.3 is 0 Å². The summed E-state index contributed by atoms with van der Waals surface area (Å²) in [6, 6.07) is 27.9. The summed E-state index contributed by atoms with van der Waals surface area (Å²) >= 11 is 0. The molecule has 0 spiro atoms. The summed E-state index contributed by atoms with van der Waals surface area (Å²) in [4.78, 5) is 0. The molecule has 0 N–H and O–H groups in total. The van der Waals surface area contributed by atoms with Crippen LogP contribution in [0.5, 0.6) is 0 Å². The second kappa shape index (κ2) is 6.13. The van der Waals surface area contributed by atoms with Crippen LogP contribution in [-0.4, -0.2) is 8.80 Å². The summed E-state index contributed by atoms with van der Waals surface area (Å²) in [6.07, 6.45) is 0. The average Bonchev–Trinajstić information content (AvgIpc) is 3.54. The van der Waals surface area contributed by atoms with E-state index >= 15 is 0 Å². The van der Waals surface area contributed by atoms with Gasteiger partial charge in [0.05, 0.1) is 33.1 Å². The number of hydrogen-bond donors (Lipinski definition) is 0. The summed E-state index contributed by atoms with van der Waals surface area (Å²) in [5.41, 5.74) is 11.0. The predicted molar refractivity (Wildman–Crippen MR) is 156 cm³/mol. The number of rotatable bonds is 0. The van der Waals surface area contributed by atoms with Crippen molar-refractivity contribution >= 4 is 65.4 Å². The highest BCUT2D eigenvalue weighted by atomic mass is 15.0. The Morgan fingerprint density at radius 3 is 1.19 bits per heavy atom. The molecule has 8 rings (SSSR count). The van der Waals surface area contributed by atoms with Crippen LogP contribution in [0.2, 0.25) is 0 Å². The fourth-order valence-electron chi connectivity index (χ4n) is 6.62. The van der Waals surface area contributed by atoms with Gasteiger partial charge in [-0.3, -0.25) is 0 Å². The van der Waals surface area contributed by atoms with Crippen molar-refractivity contribution in [1.29, 1.82) is 0 Å².